The van der Waals surface area contributed by atoms with Gasteiger partial charge in [-0.3, -0.25) is 4.21 Å². The molecule has 0 fully saturated rings. The SMILES string of the molecule is O=S1C=Cc2cscc2C=C1. The highest BCUT2D eigenvalue weighted by molar-refractivity contribution is 7.91. The van der Waals surface area contributed by atoms with Gasteiger partial charge >= 0.3 is 0 Å². The lowest BCUT2D eigenvalue weighted by molar-refractivity contribution is 0.693. The summed E-state index contributed by atoms with van der Waals surface area (Å²) in [6.07, 6.45) is 3.81. The number of hydrogen-bond donors (Lipinski definition) is 0. The first-order valence-electron chi connectivity index (χ1n) is 3.18. The van der Waals surface area contributed by atoms with Crippen LogP contribution in [-0.2, 0) is 10.8 Å². The maximum absolute atomic E-state index is 11.0. The fraction of sp³-hybridized carbons (Fsp3) is 0. The summed E-state index contributed by atoms with van der Waals surface area (Å²) in [5.74, 6) is 0. The van der Waals surface area contributed by atoms with Crippen LogP contribution in [0.3, 0.4) is 0 Å². The zero-order valence-corrected chi connectivity index (χ0v) is 7.32. The van der Waals surface area contributed by atoms with Gasteiger partial charge in [-0.25, -0.2) is 0 Å². The van der Waals surface area contributed by atoms with Crippen molar-refractivity contribution in [3.8, 4) is 0 Å². The molecule has 0 aliphatic carbocycles. The van der Waals surface area contributed by atoms with Crippen molar-refractivity contribution in [3.63, 3.8) is 0 Å². The van der Waals surface area contributed by atoms with Crippen LogP contribution in [0.1, 0.15) is 11.1 Å². The summed E-state index contributed by atoms with van der Waals surface area (Å²) in [6, 6.07) is 0. The first-order chi connectivity index (χ1) is 5.36. The molecule has 0 bridgehead atoms. The van der Waals surface area contributed by atoms with Gasteiger partial charge in [0.05, 0.1) is 10.8 Å². The third-order valence-corrected chi connectivity index (χ3v) is 3.08. The van der Waals surface area contributed by atoms with E-state index in [-0.39, 0.29) is 0 Å². The summed E-state index contributed by atoms with van der Waals surface area (Å²) in [4.78, 5) is 0. The van der Waals surface area contributed by atoms with E-state index in [9.17, 15) is 4.21 Å². The third kappa shape index (κ3) is 1.34. The number of thiophene rings is 1. The Labute approximate surface area is 71.5 Å². The molecule has 0 saturated carbocycles. The lowest BCUT2D eigenvalue weighted by Gasteiger charge is -1.84. The van der Waals surface area contributed by atoms with Gasteiger partial charge in [-0.15, -0.1) is 0 Å². The lowest BCUT2D eigenvalue weighted by Crippen LogP contribution is -1.69. The molecule has 0 radical (unpaired) electrons. The molecule has 0 N–H and O–H groups in total. The van der Waals surface area contributed by atoms with E-state index in [4.69, 9.17) is 0 Å². The molecule has 0 aromatic carbocycles. The molecule has 1 aliphatic heterocycles. The molecule has 0 saturated heterocycles. The summed E-state index contributed by atoms with van der Waals surface area (Å²) in [5.41, 5.74) is 2.33. The average Bonchev–Trinajstić information content (AvgIpc) is 2.38. The first kappa shape index (κ1) is 7.00. The average molecular weight is 182 g/mol. The van der Waals surface area contributed by atoms with Gasteiger partial charge in [-0.1, -0.05) is 0 Å². The molecule has 1 nitrogen and oxygen atoms in total. The van der Waals surface area contributed by atoms with Gasteiger partial charge in [0.15, 0.2) is 0 Å². The largest absolute Gasteiger partial charge is 0.250 e. The van der Waals surface area contributed by atoms with Crippen LogP contribution >= 0.6 is 11.3 Å². The summed E-state index contributed by atoms with van der Waals surface area (Å²) in [7, 11) is -0.919. The van der Waals surface area contributed by atoms with Crippen molar-refractivity contribution < 1.29 is 4.21 Å². The highest BCUT2D eigenvalue weighted by Crippen LogP contribution is 2.20. The highest BCUT2D eigenvalue weighted by atomic mass is 32.2. The molecular formula is C8H6OS2. The van der Waals surface area contributed by atoms with Gasteiger partial charge < -0.3 is 0 Å². The van der Waals surface area contributed by atoms with Crippen molar-refractivity contribution in [2.75, 3.05) is 0 Å². The predicted molar refractivity (Wildman–Crippen MR) is 50.5 cm³/mol. The van der Waals surface area contributed by atoms with Gasteiger partial charge in [0, 0.05) is 10.8 Å². The van der Waals surface area contributed by atoms with Crippen molar-refractivity contribution in [2.45, 2.75) is 0 Å². The fourth-order valence-electron chi connectivity index (χ4n) is 0.914. The molecule has 2 rings (SSSR count). The topological polar surface area (TPSA) is 17.1 Å². The van der Waals surface area contributed by atoms with Gasteiger partial charge in [0.1, 0.15) is 0 Å². The standard InChI is InChI=1S/C8H6OS2/c9-11-3-1-7-5-10-6-8(7)2-4-11/h1-6H. The first-order valence-corrected chi connectivity index (χ1v) is 5.40. The van der Waals surface area contributed by atoms with E-state index in [0.717, 1.165) is 11.1 Å². The Hall–Kier alpha value is -0.670. The summed E-state index contributed by atoms with van der Waals surface area (Å²) in [5, 5.41) is 7.52. The van der Waals surface area contributed by atoms with Crippen molar-refractivity contribution in [1.82, 2.24) is 0 Å². The monoisotopic (exact) mass is 182 g/mol. The second kappa shape index (κ2) is 2.75. The molecular weight excluding hydrogens is 176 g/mol. The number of hydrogen-bond acceptors (Lipinski definition) is 2. The van der Waals surface area contributed by atoms with Crippen LogP contribution in [0, 0.1) is 0 Å². The molecule has 0 unspecified atom stereocenters. The second-order valence-electron chi connectivity index (χ2n) is 2.22. The van der Waals surface area contributed by atoms with Crippen molar-refractivity contribution in [1.29, 1.82) is 0 Å². The van der Waals surface area contributed by atoms with Crippen molar-refractivity contribution in [2.24, 2.45) is 0 Å². The zero-order chi connectivity index (χ0) is 7.68. The minimum Gasteiger partial charge on any atom is -0.250 e. The fourth-order valence-corrected chi connectivity index (χ4v) is 2.36. The van der Waals surface area contributed by atoms with Crippen LogP contribution in [0.15, 0.2) is 21.6 Å². The molecule has 0 atom stereocenters. The van der Waals surface area contributed by atoms with Gasteiger partial charge in [0.2, 0.25) is 0 Å². The predicted octanol–water partition coefficient (Wildman–Crippen LogP) is 2.45. The molecule has 3 heteroatoms. The molecule has 1 aliphatic rings. The quantitative estimate of drug-likeness (QED) is 0.602. The van der Waals surface area contributed by atoms with Crippen LogP contribution in [0.25, 0.3) is 12.2 Å². The zero-order valence-electron chi connectivity index (χ0n) is 5.69. The van der Waals surface area contributed by atoms with E-state index in [1.807, 2.05) is 12.2 Å². The maximum Gasteiger partial charge on any atom is 0.0702 e. The lowest BCUT2D eigenvalue weighted by atomic mass is 10.2. The molecule has 1 aromatic rings. The Balaban J connectivity index is 2.56. The minimum absolute atomic E-state index is 0.919. The second-order valence-corrected chi connectivity index (χ2v) is 4.16. The molecule has 56 valence electrons. The van der Waals surface area contributed by atoms with Gasteiger partial charge in [0.25, 0.3) is 0 Å². The number of rotatable bonds is 0. The normalized spacial score (nSPS) is 16.4. The van der Waals surface area contributed by atoms with Crippen molar-refractivity contribution >= 4 is 34.3 Å². The van der Waals surface area contributed by atoms with Crippen LogP contribution in [0.5, 0.6) is 0 Å². The Morgan fingerprint density at radius 1 is 1.09 bits per heavy atom. The van der Waals surface area contributed by atoms with Gasteiger partial charge in [-0.2, -0.15) is 11.3 Å². The van der Waals surface area contributed by atoms with E-state index in [1.165, 1.54) is 0 Å². The van der Waals surface area contributed by atoms with Crippen LogP contribution in [-0.4, -0.2) is 4.21 Å². The molecule has 11 heavy (non-hydrogen) atoms. The van der Waals surface area contributed by atoms with E-state index in [0.29, 0.717) is 0 Å². The maximum atomic E-state index is 11.0. The molecule has 0 spiro atoms. The Morgan fingerprint density at radius 3 is 2.18 bits per heavy atom. The van der Waals surface area contributed by atoms with E-state index in [1.54, 1.807) is 22.2 Å². The third-order valence-electron chi connectivity index (χ3n) is 1.49. The minimum atomic E-state index is -0.919. The smallest absolute Gasteiger partial charge is 0.0702 e. The Bertz CT molecular complexity index is 316. The van der Waals surface area contributed by atoms with Gasteiger partial charge in [-0.05, 0) is 34.0 Å². The Morgan fingerprint density at radius 2 is 1.64 bits per heavy atom. The van der Waals surface area contributed by atoms with E-state index >= 15 is 0 Å². The molecule has 2 heterocycles. The summed E-state index contributed by atoms with van der Waals surface area (Å²) in [6.45, 7) is 0. The van der Waals surface area contributed by atoms with E-state index in [2.05, 4.69) is 10.8 Å². The Kier molecular flexibility index (Phi) is 1.75. The summed E-state index contributed by atoms with van der Waals surface area (Å²) < 4.78 is 11.0. The molecule has 1 aromatic heterocycles. The molecule has 0 amide bonds. The van der Waals surface area contributed by atoms with Crippen LogP contribution in [0.4, 0.5) is 0 Å². The summed E-state index contributed by atoms with van der Waals surface area (Å²) >= 11 is 1.66. The van der Waals surface area contributed by atoms with Crippen LogP contribution < -0.4 is 0 Å². The van der Waals surface area contributed by atoms with Crippen LogP contribution in [0.2, 0.25) is 0 Å². The highest BCUT2D eigenvalue weighted by Gasteiger charge is 2.00. The van der Waals surface area contributed by atoms with Crippen molar-refractivity contribution in [3.05, 3.63) is 32.7 Å². The number of fused-ring (bicyclic) bond motifs is 1. The van der Waals surface area contributed by atoms with E-state index < -0.39 is 10.8 Å².